The Morgan fingerprint density at radius 3 is 2.63 bits per heavy atom. The summed E-state index contributed by atoms with van der Waals surface area (Å²) in [5.41, 5.74) is 3.63. The van der Waals surface area contributed by atoms with E-state index in [9.17, 15) is 8.42 Å². The van der Waals surface area contributed by atoms with Crippen molar-refractivity contribution in [3.8, 4) is 6.07 Å². The maximum absolute atomic E-state index is 12.1. The number of anilines is 3. The maximum atomic E-state index is 12.1. The smallest absolute Gasteiger partial charge is 0.229 e. The predicted molar refractivity (Wildman–Crippen MR) is 149 cm³/mol. The third-order valence-corrected chi connectivity index (χ3v) is 8.87. The summed E-state index contributed by atoms with van der Waals surface area (Å²) in [4.78, 5) is 11.4. The SMILES string of the molecule is COCCN1CCc2ccc(Nc3ncc(Cl)c(NC4CCC(N(CC#N)S(C)(=O)=O)CC4)n3)cc2CC1. The predicted octanol–water partition coefficient (Wildman–Crippen LogP) is 3.43. The van der Waals surface area contributed by atoms with Crippen LogP contribution in [0.4, 0.5) is 17.5 Å². The molecule has 10 nitrogen and oxygen atoms in total. The molecule has 2 heterocycles. The minimum atomic E-state index is -3.43. The van der Waals surface area contributed by atoms with Gasteiger partial charge in [-0.3, -0.25) is 0 Å². The molecule has 2 aliphatic rings. The Hall–Kier alpha value is -2.49. The lowest BCUT2D eigenvalue weighted by Crippen LogP contribution is -2.43. The zero-order chi connectivity index (χ0) is 27.1. The van der Waals surface area contributed by atoms with Crippen LogP contribution >= 0.6 is 11.6 Å². The number of benzene rings is 1. The number of hydrogen-bond donors (Lipinski definition) is 2. The molecule has 38 heavy (non-hydrogen) atoms. The van der Waals surface area contributed by atoms with Crippen molar-refractivity contribution in [2.24, 2.45) is 0 Å². The van der Waals surface area contributed by atoms with E-state index in [-0.39, 0.29) is 18.6 Å². The van der Waals surface area contributed by atoms with E-state index in [2.05, 4.69) is 43.7 Å². The molecule has 0 atom stereocenters. The summed E-state index contributed by atoms with van der Waals surface area (Å²) in [7, 11) is -1.69. The van der Waals surface area contributed by atoms with Crippen LogP contribution < -0.4 is 10.6 Å². The second-order valence-electron chi connectivity index (χ2n) is 9.95. The quantitative estimate of drug-likeness (QED) is 0.420. The van der Waals surface area contributed by atoms with Crippen LogP contribution in [0.1, 0.15) is 36.8 Å². The van der Waals surface area contributed by atoms with Gasteiger partial charge in [-0.1, -0.05) is 17.7 Å². The Balaban J connectivity index is 1.37. The van der Waals surface area contributed by atoms with E-state index in [1.54, 1.807) is 13.3 Å². The molecule has 0 amide bonds. The molecule has 12 heteroatoms. The highest BCUT2D eigenvalue weighted by Gasteiger charge is 2.31. The summed E-state index contributed by atoms with van der Waals surface area (Å²) in [5, 5.41) is 16.2. The number of nitriles is 1. The van der Waals surface area contributed by atoms with E-state index in [4.69, 9.17) is 21.6 Å². The first-order valence-electron chi connectivity index (χ1n) is 13.0. The monoisotopic (exact) mass is 561 g/mol. The molecule has 0 bridgehead atoms. The summed E-state index contributed by atoms with van der Waals surface area (Å²) in [5.74, 6) is 1.01. The van der Waals surface area contributed by atoms with Crippen LogP contribution in [0.15, 0.2) is 24.4 Å². The number of methoxy groups -OCH3 is 1. The fraction of sp³-hybridized carbons (Fsp3) is 0.577. The Labute approximate surface area is 230 Å². The minimum absolute atomic E-state index is 0.101. The van der Waals surface area contributed by atoms with Gasteiger partial charge in [0.15, 0.2) is 5.82 Å². The Morgan fingerprint density at radius 1 is 1.21 bits per heavy atom. The maximum Gasteiger partial charge on any atom is 0.229 e. The Bertz CT molecular complexity index is 1250. The van der Waals surface area contributed by atoms with Crippen molar-refractivity contribution < 1.29 is 13.2 Å². The van der Waals surface area contributed by atoms with E-state index in [0.717, 1.165) is 63.9 Å². The molecule has 0 radical (unpaired) electrons. The molecule has 2 N–H and O–H groups in total. The van der Waals surface area contributed by atoms with Gasteiger partial charge in [0.2, 0.25) is 16.0 Å². The summed E-state index contributed by atoms with van der Waals surface area (Å²) in [6, 6.07) is 8.32. The zero-order valence-electron chi connectivity index (χ0n) is 22.0. The van der Waals surface area contributed by atoms with Crippen molar-refractivity contribution in [1.82, 2.24) is 19.2 Å². The van der Waals surface area contributed by atoms with E-state index >= 15 is 0 Å². The lowest BCUT2D eigenvalue weighted by atomic mass is 9.91. The minimum Gasteiger partial charge on any atom is -0.383 e. The molecule has 1 aliphatic heterocycles. The number of nitrogens with zero attached hydrogens (tertiary/aromatic N) is 5. The fourth-order valence-corrected chi connectivity index (χ4v) is 6.43. The third kappa shape index (κ3) is 7.55. The number of rotatable bonds is 10. The highest BCUT2D eigenvalue weighted by molar-refractivity contribution is 7.88. The van der Waals surface area contributed by atoms with Crippen molar-refractivity contribution in [2.75, 3.05) is 56.8 Å². The highest BCUT2D eigenvalue weighted by atomic mass is 35.5. The number of fused-ring (bicyclic) bond motifs is 1. The van der Waals surface area contributed by atoms with Crippen LogP contribution in [0.5, 0.6) is 0 Å². The normalized spacial score (nSPS) is 20.4. The van der Waals surface area contributed by atoms with Crippen molar-refractivity contribution >= 4 is 39.1 Å². The second kappa shape index (κ2) is 13.0. The standard InChI is InChI=1S/C26H36ClN7O3S/c1-37-16-15-33-12-9-19-3-4-22(17-20(19)10-13-33)31-26-29-18-24(27)25(32-26)30-21-5-7-23(8-6-21)34(14-11-28)38(2,35)36/h3-4,17-18,21,23H,5-10,12-16H2,1-2H3,(H2,29,30,31,32). The van der Waals surface area contributed by atoms with Crippen LogP contribution in [0.3, 0.4) is 0 Å². The molecule has 2 aromatic rings. The first-order valence-corrected chi connectivity index (χ1v) is 15.2. The van der Waals surface area contributed by atoms with Crippen molar-refractivity contribution in [3.05, 3.63) is 40.5 Å². The fourth-order valence-electron chi connectivity index (χ4n) is 5.24. The van der Waals surface area contributed by atoms with Crippen LogP contribution in [0, 0.1) is 11.3 Å². The van der Waals surface area contributed by atoms with Gasteiger partial charge in [0.1, 0.15) is 11.6 Å². The first-order chi connectivity index (χ1) is 18.3. The molecule has 1 fully saturated rings. The molecular weight excluding hydrogens is 526 g/mol. The topological polar surface area (TPSA) is 123 Å². The molecule has 0 unspecified atom stereocenters. The largest absolute Gasteiger partial charge is 0.383 e. The molecule has 206 valence electrons. The average molecular weight is 562 g/mol. The molecule has 1 aliphatic carbocycles. The van der Waals surface area contributed by atoms with Gasteiger partial charge in [0.25, 0.3) is 0 Å². The Morgan fingerprint density at radius 2 is 1.95 bits per heavy atom. The average Bonchev–Trinajstić information content (AvgIpc) is 3.10. The lowest BCUT2D eigenvalue weighted by Gasteiger charge is -2.34. The van der Waals surface area contributed by atoms with E-state index in [1.807, 2.05) is 6.07 Å². The first kappa shape index (κ1) is 28.5. The van der Waals surface area contributed by atoms with Crippen molar-refractivity contribution in [2.45, 2.75) is 50.6 Å². The van der Waals surface area contributed by atoms with Gasteiger partial charge in [-0.25, -0.2) is 13.4 Å². The molecule has 1 aromatic carbocycles. The van der Waals surface area contributed by atoms with Gasteiger partial charge < -0.3 is 20.3 Å². The van der Waals surface area contributed by atoms with Crippen LogP contribution in [-0.4, -0.2) is 85.8 Å². The lowest BCUT2D eigenvalue weighted by molar-refractivity contribution is 0.150. The van der Waals surface area contributed by atoms with E-state index in [0.29, 0.717) is 29.6 Å². The zero-order valence-corrected chi connectivity index (χ0v) is 23.6. The second-order valence-corrected chi connectivity index (χ2v) is 12.3. The van der Waals surface area contributed by atoms with E-state index in [1.165, 1.54) is 15.4 Å². The van der Waals surface area contributed by atoms with Crippen LogP contribution in [-0.2, 0) is 27.6 Å². The van der Waals surface area contributed by atoms with Crippen molar-refractivity contribution in [3.63, 3.8) is 0 Å². The van der Waals surface area contributed by atoms with Gasteiger partial charge in [-0.2, -0.15) is 14.6 Å². The van der Waals surface area contributed by atoms with Crippen LogP contribution in [0.25, 0.3) is 0 Å². The number of hydrogen-bond acceptors (Lipinski definition) is 9. The van der Waals surface area contributed by atoms with Gasteiger partial charge in [0, 0.05) is 44.5 Å². The number of aromatic nitrogens is 2. The van der Waals surface area contributed by atoms with Crippen LogP contribution in [0.2, 0.25) is 5.02 Å². The third-order valence-electron chi connectivity index (χ3n) is 7.31. The van der Waals surface area contributed by atoms with Gasteiger partial charge in [0.05, 0.1) is 25.1 Å². The molecule has 0 spiro atoms. The highest BCUT2D eigenvalue weighted by Crippen LogP contribution is 2.29. The molecule has 1 aromatic heterocycles. The molecule has 1 saturated carbocycles. The van der Waals surface area contributed by atoms with Gasteiger partial charge >= 0.3 is 0 Å². The number of sulfonamides is 1. The Kier molecular flexibility index (Phi) is 9.79. The number of nitrogens with one attached hydrogen (secondary N) is 2. The number of ether oxygens (including phenoxy) is 1. The summed E-state index contributed by atoms with van der Waals surface area (Å²) >= 11 is 6.41. The van der Waals surface area contributed by atoms with Crippen molar-refractivity contribution in [1.29, 1.82) is 5.26 Å². The van der Waals surface area contributed by atoms with Gasteiger partial charge in [-0.05, 0) is 61.8 Å². The molecule has 0 saturated heterocycles. The van der Waals surface area contributed by atoms with E-state index < -0.39 is 10.0 Å². The molecule has 4 rings (SSSR count). The van der Waals surface area contributed by atoms with Gasteiger partial charge in [-0.15, -0.1) is 0 Å². The summed E-state index contributed by atoms with van der Waals surface area (Å²) in [6.45, 7) is 3.61. The summed E-state index contributed by atoms with van der Waals surface area (Å²) < 4.78 is 30.7. The molecular formula is C26H36ClN7O3S. The number of halogens is 1. The summed E-state index contributed by atoms with van der Waals surface area (Å²) in [6.07, 6.45) is 7.57.